The van der Waals surface area contributed by atoms with Crippen LogP contribution in [0.25, 0.3) is 0 Å². The van der Waals surface area contributed by atoms with Crippen LogP contribution in [0, 0.1) is 0 Å². The second kappa shape index (κ2) is 5.67. The minimum absolute atomic E-state index is 0.0141. The fourth-order valence-corrected chi connectivity index (χ4v) is 1.31. The second-order valence-electron chi connectivity index (χ2n) is 4.20. The molecule has 96 valence electrons. The van der Waals surface area contributed by atoms with E-state index in [9.17, 15) is 4.79 Å². The summed E-state index contributed by atoms with van der Waals surface area (Å²) >= 11 is 0. The number of carbonyl (C=O) groups excluding carboxylic acids is 1. The van der Waals surface area contributed by atoms with Gasteiger partial charge in [-0.15, -0.1) is 0 Å². The summed E-state index contributed by atoms with van der Waals surface area (Å²) in [7, 11) is 5.39. The zero-order valence-corrected chi connectivity index (χ0v) is 10.9. The molecule has 0 radical (unpaired) electrons. The summed E-state index contributed by atoms with van der Waals surface area (Å²) in [6.45, 7) is 3.98. The van der Waals surface area contributed by atoms with Crippen molar-refractivity contribution in [1.29, 1.82) is 0 Å². The van der Waals surface area contributed by atoms with Crippen LogP contribution in [0.3, 0.4) is 0 Å². The summed E-state index contributed by atoms with van der Waals surface area (Å²) in [6.07, 6.45) is 0. The third kappa shape index (κ3) is 3.45. The molecular weight excluding hydrogens is 222 g/mol. The van der Waals surface area contributed by atoms with Gasteiger partial charge in [0.1, 0.15) is 0 Å². The molecular formula is C11H19N3O3. The number of nitrogens with zero attached hydrogens (tertiary/aromatic N) is 2. The molecule has 6 nitrogen and oxygen atoms in total. The van der Waals surface area contributed by atoms with Gasteiger partial charge in [-0.05, 0) is 27.9 Å². The number of nitrogens with one attached hydrogen (secondary N) is 1. The Morgan fingerprint density at radius 3 is 2.65 bits per heavy atom. The highest BCUT2D eigenvalue weighted by Crippen LogP contribution is 2.11. The second-order valence-corrected chi connectivity index (χ2v) is 4.20. The Labute approximate surface area is 101 Å². The number of ether oxygens (including phenoxy) is 1. The lowest BCUT2D eigenvalue weighted by atomic mass is 10.1. The van der Waals surface area contributed by atoms with E-state index in [1.165, 1.54) is 13.2 Å². The van der Waals surface area contributed by atoms with E-state index in [1.54, 1.807) is 0 Å². The Bertz CT molecular complexity index is 376. The maximum absolute atomic E-state index is 11.8. The number of rotatable bonds is 5. The molecule has 1 N–H and O–H groups in total. The van der Waals surface area contributed by atoms with Crippen molar-refractivity contribution in [2.75, 3.05) is 21.2 Å². The minimum atomic E-state index is -0.266. The summed E-state index contributed by atoms with van der Waals surface area (Å²) in [5.41, 5.74) is 0.222. The molecule has 1 heterocycles. The molecule has 0 aliphatic carbocycles. The fourth-order valence-electron chi connectivity index (χ4n) is 1.31. The molecule has 1 amide bonds. The number of likely N-dealkylation sites (N-methyl/N-ethyl adjacent to an activating group) is 1. The molecule has 1 rings (SSSR count). The number of methoxy groups -OCH3 is 1. The maximum atomic E-state index is 11.8. The van der Waals surface area contributed by atoms with Gasteiger partial charge in [-0.25, -0.2) is 0 Å². The molecule has 0 spiro atoms. The number of carbonyl (C=O) groups is 1. The SMILES string of the molecule is COc1cc(C(=O)NC(C)C(C)N(C)C)no1. The van der Waals surface area contributed by atoms with Gasteiger partial charge in [0.15, 0.2) is 5.69 Å². The van der Waals surface area contributed by atoms with Crippen molar-refractivity contribution < 1.29 is 14.1 Å². The molecule has 0 aliphatic rings. The van der Waals surface area contributed by atoms with E-state index in [1.807, 2.05) is 32.8 Å². The molecule has 1 aromatic rings. The molecule has 2 atom stereocenters. The number of hydrogen-bond acceptors (Lipinski definition) is 5. The van der Waals surface area contributed by atoms with Gasteiger partial charge < -0.3 is 19.5 Å². The Hall–Kier alpha value is -1.56. The van der Waals surface area contributed by atoms with Gasteiger partial charge in [0.2, 0.25) is 0 Å². The van der Waals surface area contributed by atoms with Crippen molar-refractivity contribution in [2.24, 2.45) is 0 Å². The molecule has 0 fully saturated rings. The highest BCUT2D eigenvalue weighted by atomic mass is 16.6. The van der Waals surface area contributed by atoms with Crippen molar-refractivity contribution >= 4 is 5.91 Å². The van der Waals surface area contributed by atoms with Gasteiger partial charge in [-0.2, -0.15) is 0 Å². The predicted octanol–water partition coefficient (Wildman–Crippen LogP) is 0.752. The van der Waals surface area contributed by atoms with Gasteiger partial charge in [0.05, 0.1) is 13.2 Å². The molecule has 0 saturated heterocycles. The van der Waals surface area contributed by atoms with Crippen LogP contribution in [0.4, 0.5) is 0 Å². The minimum Gasteiger partial charge on any atom is -0.467 e. The molecule has 6 heteroatoms. The lowest BCUT2D eigenvalue weighted by molar-refractivity contribution is 0.0910. The standard InChI is InChI=1S/C11H19N3O3/c1-7(8(2)14(3)4)12-11(15)9-6-10(16-5)17-13-9/h6-8H,1-5H3,(H,12,15). The first kappa shape index (κ1) is 13.5. The first-order chi connectivity index (χ1) is 7.95. The van der Waals surface area contributed by atoms with Crippen LogP contribution in [-0.4, -0.2) is 49.3 Å². The third-order valence-corrected chi connectivity index (χ3v) is 2.82. The van der Waals surface area contributed by atoms with E-state index >= 15 is 0 Å². The monoisotopic (exact) mass is 241 g/mol. The van der Waals surface area contributed by atoms with E-state index in [0.29, 0.717) is 0 Å². The first-order valence-electron chi connectivity index (χ1n) is 5.43. The first-order valence-corrected chi connectivity index (χ1v) is 5.43. The Morgan fingerprint density at radius 2 is 2.18 bits per heavy atom. The lowest BCUT2D eigenvalue weighted by Gasteiger charge is -2.26. The average Bonchev–Trinajstić information content (AvgIpc) is 2.76. The maximum Gasteiger partial charge on any atom is 0.311 e. The number of hydrogen-bond donors (Lipinski definition) is 1. The topological polar surface area (TPSA) is 67.6 Å². The largest absolute Gasteiger partial charge is 0.467 e. The Kier molecular flexibility index (Phi) is 4.51. The Morgan fingerprint density at radius 1 is 1.53 bits per heavy atom. The van der Waals surface area contributed by atoms with Gasteiger partial charge in [-0.1, -0.05) is 5.16 Å². The molecule has 1 aromatic heterocycles. The summed E-state index contributed by atoms with van der Waals surface area (Å²) in [5, 5.41) is 6.47. The highest BCUT2D eigenvalue weighted by molar-refractivity contribution is 5.92. The predicted molar refractivity (Wildman–Crippen MR) is 63.1 cm³/mol. The van der Waals surface area contributed by atoms with Crippen LogP contribution in [0.2, 0.25) is 0 Å². The van der Waals surface area contributed by atoms with Gasteiger partial charge in [0.25, 0.3) is 5.91 Å². The van der Waals surface area contributed by atoms with Crippen LogP contribution in [-0.2, 0) is 0 Å². The van der Waals surface area contributed by atoms with Gasteiger partial charge in [-0.3, -0.25) is 4.79 Å². The highest BCUT2D eigenvalue weighted by Gasteiger charge is 2.19. The smallest absolute Gasteiger partial charge is 0.311 e. The van der Waals surface area contributed by atoms with Crippen LogP contribution >= 0.6 is 0 Å². The molecule has 0 aromatic carbocycles. The van der Waals surface area contributed by atoms with E-state index < -0.39 is 0 Å². The van der Waals surface area contributed by atoms with E-state index in [2.05, 4.69) is 10.5 Å². The quantitative estimate of drug-likeness (QED) is 0.824. The number of aromatic nitrogens is 1. The van der Waals surface area contributed by atoms with Gasteiger partial charge in [0, 0.05) is 12.1 Å². The molecule has 17 heavy (non-hydrogen) atoms. The summed E-state index contributed by atoms with van der Waals surface area (Å²) in [6, 6.07) is 1.70. The molecule has 0 aliphatic heterocycles. The summed E-state index contributed by atoms with van der Waals surface area (Å²) in [4.78, 5) is 13.8. The van der Waals surface area contributed by atoms with E-state index in [4.69, 9.17) is 9.26 Å². The Balaban J connectivity index is 2.60. The van der Waals surface area contributed by atoms with Crippen molar-refractivity contribution in [2.45, 2.75) is 25.9 Å². The molecule has 0 saturated carbocycles. The average molecular weight is 241 g/mol. The van der Waals surface area contributed by atoms with Crippen molar-refractivity contribution in [3.05, 3.63) is 11.8 Å². The van der Waals surface area contributed by atoms with Crippen molar-refractivity contribution in [3.8, 4) is 5.95 Å². The van der Waals surface area contributed by atoms with Crippen LogP contribution < -0.4 is 10.1 Å². The zero-order valence-electron chi connectivity index (χ0n) is 10.9. The van der Waals surface area contributed by atoms with Gasteiger partial charge >= 0.3 is 5.95 Å². The van der Waals surface area contributed by atoms with Crippen molar-refractivity contribution in [1.82, 2.24) is 15.4 Å². The third-order valence-electron chi connectivity index (χ3n) is 2.82. The van der Waals surface area contributed by atoms with Crippen LogP contribution in [0.1, 0.15) is 24.3 Å². The van der Waals surface area contributed by atoms with Crippen LogP contribution in [0.15, 0.2) is 10.6 Å². The number of amides is 1. The van der Waals surface area contributed by atoms with Crippen LogP contribution in [0.5, 0.6) is 5.95 Å². The zero-order chi connectivity index (χ0) is 13.0. The van der Waals surface area contributed by atoms with Crippen molar-refractivity contribution in [3.63, 3.8) is 0 Å². The summed E-state index contributed by atoms with van der Waals surface area (Å²) in [5.74, 6) is -0.0401. The molecule has 0 bridgehead atoms. The van der Waals surface area contributed by atoms with E-state index in [0.717, 1.165) is 0 Å². The fraction of sp³-hybridized carbons (Fsp3) is 0.636. The lowest BCUT2D eigenvalue weighted by Crippen LogP contribution is -2.46. The molecule has 2 unspecified atom stereocenters. The van der Waals surface area contributed by atoms with E-state index in [-0.39, 0.29) is 29.6 Å². The normalized spacial score (nSPS) is 14.5. The summed E-state index contributed by atoms with van der Waals surface area (Å²) < 4.78 is 9.60.